The Balaban J connectivity index is 1.80. The van der Waals surface area contributed by atoms with Crippen LogP contribution in [0.25, 0.3) is 0 Å². The minimum Gasteiger partial charge on any atom is -0.463 e. The lowest BCUT2D eigenvalue weighted by Crippen LogP contribution is -2.30. The number of hydrogen-bond donors (Lipinski definition) is 1. The lowest BCUT2D eigenvalue weighted by Gasteiger charge is -2.22. The van der Waals surface area contributed by atoms with Crippen molar-refractivity contribution in [1.29, 1.82) is 0 Å². The summed E-state index contributed by atoms with van der Waals surface area (Å²) in [6, 6.07) is 1.05. The number of anilines is 2. The predicted octanol–water partition coefficient (Wildman–Crippen LogP) is 2.08. The van der Waals surface area contributed by atoms with Gasteiger partial charge in [0.25, 0.3) is 0 Å². The Morgan fingerprint density at radius 3 is 2.60 bits per heavy atom. The van der Waals surface area contributed by atoms with E-state index >= 15 is 0 Å². The van der Waals surface area contributed by atoms with Crippen molar-refractivity contribution in [3.63, 3.8) is 0 Å². The number of hydrogen-bond acceptors (Lipinski definition) is 6. The normalized spacial score (nSPS) is 17.9. The van der Waals surface area contributed by atoms with E-state index in [1.165, 1.54) is 25.7 Å². The smallest absolute Gasteiger partial charge is 0.323 e. The second kappa shape index (κ2) is 5.81. The Hall–Kier alpha value is -1.59. The topological polar surface area (TPSA) is 63.2 Å². The van der Waals surface area contributed by atoms with Crippen LogP contribution in [-0.2, 0) is 0 Å². The van der Waals surface area contributed by atoms with Crippen molar-refractivity contribution in [3.8, 4) is 6.01 Å². The number of nitrogens with zero attached hydrogens (tertiary/aromatic N) is 4. The lowest BCUT2D eigenvalue weighted by atomic mass is 10.3. The van der Waals surface area contributed by atoms with E-state index in [2.05, 4.69) is 32.1 Å². The van der Waals surface area contributed by atoms with E-state index in [0.717, 1.165) is 24.8 Å². The van der Waals surface area contributed by atoms with Gasteiger partial charge in [-0.1, -0.05) is 6.92 Å². The highest BCUT2D eigenvalue weighted by Crippen LogP contribution is 2.36. The molecule has 1 N–H and O–H groups in total. The zero-order chi connectivity index (χ0) is 13.9. The molecule has 2 saturated carbocycles. The van der Waals surface area contributed by atoms with Crippen LogP contribution in [-0.4, -0.2) is 41.2 Å². The first-order chi connectivity index (χ1) is 9.80. The first kappa shape index (κ1) is 13.4. The van der Waals surface area contributed by atoms with Crippen LogP contribution in [0.1, 0.15) is 39.0 Å². The predicted molar refractivity (Wildman–Crippen MR) is 78.3 cm³/mol. The molecule has 0 unspecified atom stereocenters. The molecule has 0 saturated heterocycles. The summed E-state index contributed by atoms with van der Waals surface area (Å²) in [5.41, 5.74) is 0. The van der Waals surface area contributed by atoms with Gasteiger partial charge in [0.2, 0.25) is 11.9 Å². The number of nitrogens with one attached hydrogen (secondary N) is 1. The summed E-state index contributed by atoms with van der Waals surface area (Å²) in [5, 5.41) is 3.00. The average molecular weight is 277 g/mol. The number of rotatable bonds is 8. The van der Waals surface area contributed by atoms with Gasteiger partial charge in [-0.25, -0.2) is 0 Å². The van der Waals surface area contributed by atoms with E-state index in [9.17, 15) is 0 Å². The maximum Gasteiger partial charge on any atom is 0.323 e. The van der Waals surface area contributed by atoms with Gasteiger partial charge >= 0.3 is 6.01 Å². The van der Waals surface area contributed by atoms with Crippen molar-refractivity contribution >= 4 is 11.9 Å². The van der Waals surface area contributed by atoms with Crippen LogP contribution in [0.5, 0.6) is 6.01 Å². The van der Waals surface area contributed by atoms with Crippen LogP contribution in [0.4, 0.5) is 11.9 Å². The molecule has 0 radical (unpaired) electrons. The highest BCUT2D eigenvalue weighted by molar-refractivity contribution is 5.40. The molecule has 2 aliphatic carbocycles. The minimum atomic E-state index is 0.433. The van der Waals surface area contributed by atoms with Gasteiger partial charge in [-0.05, 0) is 38.0 Å². The van der Waals surface area contributed by atoms with Crippen molar-refractivity contribution in [2.75, 3.05) is 30.4 Å². The third-order valence-corrected chi connectivity index (χ3v) is 3.66. The van der Waals surface area contributed by atoms with Crippen LogP contribution in [0.2, 0.25) is 0 Å². The van der Waals surface area contributed by atoms with Crippen LogP contribution in [0.3, 0.4) is 0 Å². The first-order valence-corrected chi connectivity index (χ1v) is 7.63. The van der Waals surface area contributed by atoms with Crippen molar-refractivity contribution in [1.82, 2.24) is 15.0 Å². The summed E-state index contributed by atoms with van der Waals surface area (Å²) in [7, 11) is 1.82. The Kier molecular flexibility index (Phi) is 3.89. The molecule has 0 bridgehead atoms. The lowest BCUT2D eigenvalue weighted by molar-refractivity contribution is 0.291. The van der Waals surface area contributed by atoms with E-state index in [4.69, 9.17) is 4.74 Å². The Bertz CT molecular complexity index is 459. The molecule has 110 valence electrons. The van der Waals surface area contributed by atoms with E-state index in [1.54, 1.807) is 0 Å². The molecule has 0 spiro atoms. The summed E-state index contributed by atoms with van der Waals surface area (Å²) in [4.78, 5) is 15.6. The van der Waals surface area contributed by atoms with E-state index < -0.39 is 0 Å². The van der Waals surface area contributed by atoms with Crippen LogP contribution in [0.15, 0.2) is 0 Å². The fourth-order valence-corrected chi connectivity index (χ4v) is 2.20. The second-order valence-electron chi connectivity index (χ2n) is 5.67. The summed E-state index contributed by atoms with van der Waals surface area (Å²) in [6.07, 6.45) is 6.12. The summed E-state index contributed by atoms with van der Waals surface area (Å²) < 4.78 is 5.58. The molecule has 1 aromatic rings. The molecular formula is C14H23N5O. The van der Waals surface area contributed by atoms with Crippen LogP contribution >= 0.6 is 0 Å². The third kappa shape index (κ3) is 3.29. The van der Waals surface area contributed by atoms with Crippen molar-refractivity contribution in [3.05, 3.63) is 0 Å². The highest BCUT2D eigenvalue weighted by Gasteiger charge is 2.35. The maximum absolute atomic E-state index is 5.58. The van der Waals surface area contributed by atoms with Gasteiger partial charge in [-0.15, -0.1) is 0 Å². The quantitative estimate of drug-likeness (QED) is 0.785. The molecule has 6 heteroatoms. The van der Waals surface area contributed by atoms with Gasteiger partial charge in [-0.2, -0.15) is 15.0 Å². The van der Waals surface area contributed by atoms with Gasteiger partial charge in [0.15, 0.2) is 0 Å². The van der Waals surface area contributed by atoms with E-state index in [1.807, 2.05) is 7.05 Å². The largest absolute Gasteiger partial charge is 0.463 e. The standard InChI is InChI=1S/C14H23N5O/c1-3-8-20-14-17-12(15-2)16-13(18-14)19(11-6-7-11)9-10-4-5-10/h10-11H,3-9H2,1-2H3,(H,15,16,17,18). The number of aromatic nitrogens is 3. The molecule has 0 aromatic carbocycles. The van der Waals surface area contributed by atoms with Gasteiger partial charge in [0.1, 0.15) is 0 Å². The molecule has 0 atom stereocenters. The third-order valence-electron chi connectivity index (χ3n) is 3.66. The van der Waals surface area contributed by atoms with Gasteiger partial charge < -0.3 is 15.0 Å². The molecular weight excluding hydrogens is 254 g/mol. The summed E-state index contributed by atoms with van der Waals surface area (Å²) in [5.74, 6) is 2.18. The van der Waals surface area contributed by atoms with Crippen molar-refractivity contribution in [2.24, 2.45) is 5.92 Å². The van der Waals surface area contributed by atoms with Gasteiger partial charge in [-0.3, -0.25) is 0 Å². The minimum absolute atomic E-state index is 0.433. The molecule has 2 aliphatic rings. The number of ether oxygens (including phenoxy) is 1. The molecule has 0 amide bonds. The van der Waals surface area contributed by atoms with E-state index in [0.29, 0.717) is 24.6 Å². The zero-order valence-corrected chi connectivity index (χ0v) is 12.3. The van der Waals surface area contributed by atoms with Crippen LogP contribution < -0.4 is 15.0 Å². The molecule has 3 rings (SSSR count). The Morgan fingerprint density at radius 1 is 1.20 bits per heavy atom. The fourth-order valence-electron chi connectivity index (χ4n) is 2.20. The molecule has 1 heterocycles. The molecule has 2 fully saturated rings. The average Bonchev–Trinajstić information content (AvgIpc) is 3.35. The van der Waals surface area contributed by atoms with Crippen molar-refractivity contribution in [2.45, 2.75) is 45.1 Å². The Morgan fingerprint density at radius 2 is 2.00 bits per heavy atom. The SMILES string of the molecule is CCCOc1nc(NC)nc(N(CC2CC2)C2CC2)n1. The fraction of sp³-hybridized carbons (Fsp3) is 0.786. The molecule has 0 aliphatic heterocycles. The summed E-state index contributed by atoms with van der Waals surface area (Å²) in [6.45, 7) is 3.79. The summed E-state index contributed by atoms with van der Waals surface area (Å²) >= 11 is 0. The van der Waals surface area contributed by atoms with E-state index in [-0.39, 0.29) is 0 Å². The molecule has 1 aromatic heterocycles. The maximum atomic E-state index is 5.58. The first-order valence-electron chi connectivity index (χ1n) is 7.63. The van der Waals surface area contributed by atoms with Crippen LogP contribution in [0, 0.1) is 5.92 Å². The molecule has 6 nitrogen and oxygen atoms in total. The molecule has 20 heavy (non-hydrogen) atoms. The van der Waals surface area contributed by atoms with Gasteiger partial charge in [0.05, 0.1) is 6.61 Å². The van der Waals surface area contributed by atoms with Crippen molar-refractivity contribution < 1.29 is 4.74 Å². The highest BCUT2D eigenvalue weighted by atomic mass is 16.5. The monoisotopic (exact) mass is 277 g/mol. The van der Waals surface area contributed by atoms with Gasteiger partial charge in [0, 0.05) is 19.6 Å². The second-order valence-corrected chi connectivity index (χ2v) is 5.67. The Labute approximate surface area is 120 Å². The zero-order valence-electron chi connectivity index (χ0n) is 12.3.